The molecule has 1 aliphatic heterocycles. The van der Waals surface area contributed by atoms with Gasteiger partial charge in [-0.25, -0.2) is 4.79 Å². The van der Waals surface area contributed by atoms with Crippen LogP contribution in [0.1, 0.15) is 17.5 Å². The third-order valence-electron chi connectivity index (χ3n) is 4.88. The van der Waals surface area contributed by atoms with Crippen LogP contribution in [-0.2, 0) is 17.6 Å². The summed E-state index contributed by atoms with van der Waals surface area (Å²) in [6, 6.07) is 8.84. The molecule has 0 bridgehead atoms. The van der Waals surface area contributed by atoms with Gasteiger partial charge in [-0.1, -0.05) is 24.3 Å². The van der Waals surface area contributed by atoms with E-state index in [9.17, 15) is 4.79 Å². The summed E-state index contributed by atoms with van der Waals surface area (Å²) in [6.45, 7) is 5.22. The standard InChI is InChI=1S/C18H27N3O2/c1-20(8-9-21-10-12-23-13-11-21)18(22)19-17-7-6-15-4-2-3-5-16(15)14-17/h2-5,17H,6-14H2,1H3,(H,19,22)/t17-/m1/s1. The minimum atomic E-state index is 0.0441. The Bertz CT molecular complexity index is 529. The van der Waals surface area contributed by atoms with Gasteiger partial charge in [0.15, 0.2) is 0 Å². The van der Waals surface area contributed by atoms with Crippen molar-refractivity contribution in [3.63, 3.8) is 0 Å². The number of carbonyl (C=O) groups is 1. The molecule has 0 aromatic heterocycles. The predicted octanol–water partition coefficient (Wildman–Crippen LogP) is 1.52. The lowest BCUT2D eigenvalue weighted by atomic mass is 9.88. The van der Waals surface area contributed by atoms with Crippen molar-refractivity contribution in [3.8, 4) is 0 Å². The largest absolute Gasteiger partial charge is 0.379 e. The van der Waals surface area contributed by atoms with Gasteiger partial charge in [-0.05, 0) is 30.4 Å². The number of likely N-dealkylation sites (N-methyl/N-ethyl adjacent to an activating group) is 1. The number of nitrogens with one attached hydrogen (secondary N) is 1. The number of rotatable bonds is 4. The Kier molecular flexibility index (Phi) is 5.51. The molecule has 1 aromatic rings. The third kappa shape index (κ3) is 4.45. The number of hydrogen-bond donors (Lipinski definition) is 1. The molecule has 2 aliphatic rings. The Labute approximate surface area is 138 Å². The monoisotopic (exact) mass is 317 g/mol. The second kappa shape index (κ2) is 7.79. The summed E-state index contributed by atoms with van der Waals surface area (Å²) in [4.78, 5) is 16.5. The zero-order chi connectivity index (χ0) is 16.1. The molecule has 5 nitrogen and oxygen atoms in total. The molecule has 126 valence electrons. The van der Waals surface area contributed by atoms with Gasteiger partial charge in [-0.15, -0.1) is 0 Å². The van der Waals surface area contributed by atoms with E-state index >= 15 is 0 Å². The van der Waals surface area contributed by atoms with Crippen molar-refractivity contribution in [3.05, 3.63) is 35.4 Å². The van der Waals surface area contributed by atoms with Crippen LogP contribution >= 0.6 is 0 Å². The Morgan fingerprint density at radius 2 is 2.04 bits per heavy atom. The first kappa shape index (κ1) is 16.3. The van der Waals surface area contributed by atoms with Gasteiger partial charge in [0.2, 0.25) is 0 Å². The van der Waals surface area contributed by atoms with Crippen molar-refractivity contribution in [1.82, 2.24) is 15.1 Å². The van der Waals surface area contributed by atoms with E-state index in [1.54, 1.807) is 4.90 Å². The first-order valence-corrected chi connectivity index (χ1v) is 8.61. The first-order chi connectivity index (χ1) is 11.2. The maximum Gasteiger partial charge on any atom is 0.317 e. The molecule has 5 heteroatoms. The Hall–Kier alpha value is -1.59. The maximum absolute atomic E-state index is 12.4. The molecule has 0 unspecified atom stereocenters. The molecule has 2 amide bonds. The summed E-state index contributed by atoms with van der Waals surface area (Å²) in [6.07, 6.45) is 3.03. The van der Waals surface area contributed by atoms with E-state index < -0.39 is 0 Å². The fraction of sp³-hybridized carbons (Fsp3) is 0.611. The second-order valence-electron chi connectivity index (χ2n) is 6.53. The van der Waals surface area contributed by atoms with E-state index in [4.69, 9.17) is 4.74 Å². The van der Waals surface area contributed by atoms with E-state index in [0.717, 1.165) is 58.7 Å². The molecule has 1 fully saturated rings. The highest BCUT2D eigenvalue weighted by molar-refractivity contribution is 5.74. The lowest BCUT2D eigenvalue weighted by Crippen LogP contribution is -2.48. The summed E-state index contributed by atoms with van der Waals surface area (Å²) < 4.78 is 5.35. The van der Waals surface area contributed by atoms with Gasteiger partial charge >= 0.3 is 6.03 Å². The number of aryl methyl sites for hydroxylation is 1. The molecule has 1 aliphatic carbocycles. The SMILES string of the molecule is CN(CCN1CCOCC1)C(=O)N[C@@H]1CCc2ccccc2C1. The molecule has 0 radical (unpaired) electrons. The maximum atomic E-state index is 12.4. The number of ether oxygens (including phenoxy) is 1. The van der Waals surface area contributed by atoms with E-state index in [0.29, 0.717) is 0 Å². The first-order valence-electron chi connectivity index (χ1n) is 8.61. The fourth-order valence-corrected chi connectivity index (χ4v) is 3.32. The predicted molar refractivity (Wildman–Crippen MR) is 90.7 cm³/mol. The summed E-state index contributed by atoms with van der Waals surface area (Å²) in [5, 5.41) is 3.19. The number of hydrogen-bond acceptors (Lipinski definition) is 3. The molecule has 1 aromatic carbocycles. The molecule has 0 saturated carbocycles. The Morgan fingerprint density at radius 3 is 2.83 bits per heavy atom. The molecule has 0 spiro atoms. The van der Waals surface area contributed by atoms with Crippen molar-refractivity contribution in [2.24, 2.45) is 0 Å². The molecule has 1 N–H and O–H groups in total. The molecule has 1 atom stereocenters. The van der Waals surface area contributed by atoms with Crippen LogP contribution in [0, 0.1) is 0 Å². The lowest BCUT2D eigenvalue weighted by Gasteiger charge is -2.30. The molecule has 23 heavy (non-hydrogen) atoms. The fourth-order valence-electron chi connectivity index (χ4n) is 3.32. The average Bonchev–Trinajstić information content (AvgIpc) is 2.60. The van der Waals surface area contributed by atoms with Crippen LogP contribution in [0.2, 0.25) is 0 Å². The number of amides is 2. The van der Waals surface area contributed by atoms with Crippen molar-refractivity contribution in [1.29, 1.82) is 0 Å². The van der Waals surface area contributed by atoms with Crippen LogP contribution in [0.3, 0.4) is 0 Å². The minimum absolute atomic E-state index is 0.0441. The minimum Gasteiger partial charge on any atom is -0.379 e. The van der Waals surface area contributed by atoms with Crippen LogP contribution in [0.5, 0.6) is 0 Å². The highest BCUT2D eigenvalue weighted by atomic mass is 16.5. The van der Waals surface area contributed by atoms with E-state index in [1.807, 2.05) is 7.05 Å². The molecule has 1 saturated heterocycles. The lowest BCUT2D eigenvalue weighted by molar-refractivity contribution is 0.0356. The van der Waals surface area contributed by atoms with Gasteiger partial charge in [0.1, 0.15) is 0 Å². The number of carbonyl (C=O) groups excluding carboxylic acids is 1. The number of benzene rings is 1. The van der Waals surface area contributed by atoms with Gasteiger partial charge in [0, 0.05) is 39.3 Å². The smallest absolute Gasteiger partial charge is 0.317 e. The number of fused-ring (bicyclic) bond motifs is 1. The second-order valence-corrected chi connectivity index (χ2v) is 6.53. The summed E-state index contributed by atoms with van der Waals surface area (Å²) in [5.74, 6) is 0. The molecule has 3 rings (SSSR count). The van der Waals surface area contributed by atoms with Crippen molar-refractivity contribution < 1.29 is 9.53 Å². The van der Waals surface area contributed by atoms with Gasteiger partial charge in [0.25, 0.3) is 0 Å². The van der Waals surface area contributed by atoms with Crippen LogP contribution in [0.15, 0.2) is 24.3 Å². The van der Waals surface area contributed by atoms with Crippen molar-refractivity contribution >= 4 is 6.03 Å². The average molecular weight is 317 g/mol. The highest BCUT2D eigenvalue weighted by Gasteiger charge is 2.21. The van der Waals surface area contributed by atoms with Gasteiger partial charge < -0.3 is 15.0 Å². The van der Waals surface area contributed by atoms with Gasteiger partial charge in [0.05, 0.1) is 13.2 Å². The van der Waals surface area contributed by atoms with Crippen LogP contribution in [0.4, 0.5) is 4.79 Å². The highest BCUT2D eigenvalue weighted by Crippen LogP contribution is 2.21. The zero-order valence-electron chi connectivity index (χ0n) is 14.0. The molecular formula is C18H27N3O2. The normalized spacial score (nSPS) is 21.5. The van der Waals surface area contributed by atoms with Crippen LogP contribution in [-0.4, -0.2) is 68.3 Å². The van der Waals surface area contributed by atoms with Crippen molar-refractivity contribution in [2.75, 3.05) is 46.4 Å². The summed E-state index contributed by atoms with van der Waals surface area (Å²) >= 11 is 0. The van der Waals surface area contributed by atoms with Gasteiger partial charge in [-0.2, -0.15) is 0 Å². The quantitative estimate of drug-likeness (QED) is 0.916. The van der Waals surface area contributed by atoms with Crippen LogP contribution in [0.25, 0.3) is 0 Å². The number of morpholine rings is 1. The number of nitrogens with zero attached hydrogens (tertiary/aromatic N) is 2. The number of urea groups is 1. The van der Waals surface area contributed by atoms with E-state index in [-0.39, 0.29) is 12.1 Å². The third-order valence-corrected chi connectivity index (χ3v) is 4.88. The molecule has 1 heterocycles. The van der Waals surface area contributed by atoms with Crippen molar-refractivity contribution in [2.45, 2.75) is 25.3 Å². The topological polar surface area (TPSA) is 44.8 Å². The molecular weight excluding hydrogens is 290 g/mol. The van der Waals surface area contributed by atoms with E-state index in [2.05, 4.69) is 34.5 Å². The Morgan fingerprint density at radius 1 is 1.30 bits per heavy atom. The summed E-state index contributed by atoms with van der Waals surface area (Å²) in [5.41, 5.74) is 2.80. The van der Waals surface area contributed by atoms with Crippen LogP contribution < -0.4 is 5.32 Å². The summed E-state index contributed by atoms with van der Waals surface area (Å²) in [7, 11) is 1.88. The van der Waals surface area contributed by atoms with Gasteiger partial charge in [-0.3, -0.25) is 4.90 Å². The Balaban J connectivity index is 1.43. The zero-order valence-corrected chi connectivity index (χ0v) is 14.0. The van der Waals surface area contributed by atoms with E-state index in [1.165, 1.54) is 11.1 Å².